The SMILES string of the molecule is NNC(=S)c1nnc(-c2ccccc2)o1. The zero-order valence-electron chi connectivity index (χ0n) is 7.68. The molecule has 0 unspecified atom stereocenters. The smallest absolute Gasteiger partial charge is 0.276 e. The molecule has 1 heterocycles. The van der Waals surface area contributed by atoms with E-state index in [9.17, 15) is 0 Å². The fourth-order valence-corrected chi connectivity index (χ4v) is 1.16. The topological polar surface area (TPSA) is 77.0 Å². The number of nitrogens with two attached hydrogens (primary N) is 1. The third-order valence-electron chi connectivity index (χ3n) is 1.77. The standard InChI is InChI=1S/C9H8N4OS/c10-11-9(15)8-13-12-7(14-8)6-4-2-1-3-5-6/h1-5H,10H2,(H,11,15). The number of aromatic nitrogens is 2. The summed E-state index contributed by atoms with van der Waals surface area (Å²) in [6.07, 6.45) is 0. The Hall–Kier alpha value is -1.79. The summed E-state index contributed by atoms with van der Waals surface area (Å²) in [7, 11) is 0. The summed E-state index contributed by atoms with van der Waals surface area (Å²) in [5.41, 5.74) is 3.12. The maximum Gasteiger partial charge on any atom is 0.276 e. The first-order valence-corrected chi connectivity index (χ1v) is 4.62. The molecule has 0 amide bonds. The van der Waals surface area contributed by atoms with Gasteiger partial charge in [0.1, 0.15) is 0 Å². The van der Waals surface area contributed by atoms with E-state index in [2.05, 4.69) is 15.6 Å². The first kappa shape index (κ1) is 9.75. The molecule has 0 aliphatic heterocycles. The van der Waals surface area contributed by atoms with Crippen LogP contribution in [0, 0.1) is 0 Å². The number of rotatable bonds is 2. The Morgan fingerprint density at radius 2 is 2.00 bits per heavy atom. The van der Waals surface area contributed by atoms with Crippen molar-refractivity contribution in [2.75, 3.05) is 0 Å². The second kappa shape index (κ2) is 4.16. The van der Waals surface area contributed by atoms with Crippen LogP contribution in [-0.2, 0) is 0 Å². The van der Waals surface area contributed by atoms with Crippen LogP contribution in [0.1, 0.15) is 5.89 Å². The lowest BCUT2D eigenvalue weighted by molar-refractivity contribution is 0.556. The largest absolute Gasteiger partial charge is 0.414 e. The van der Waals surface area contributed by atoms with Crippen LogP contribution in [0.25, 0.3) is 11.5 Å². The molecule has 0 aliphatic carbocycles. The van der Waals surface area contributed by atoms with Crippen LogP contribution in [0.2, 0.25) is 0 Å². The van der Waals surface area contributed by atoms with E-state index in [-0.39, 0.29) is 10.9 Å². The molecule has 3 N–H and O–H groups in total. The molecule has 76 valence electrons. The molecule has 0 aliphatic rings. The van der Waals surface area contributed by atoms with Crippen LogP contribution in [0.15, 0.2) is 34.7 Å². The number of hydrogen-bond donors (Lipinski definition) is 2. The molecule has 2 aromatic rings. The van der Waals surface area contributed by atoms with E-state index in [1.165, 1.54) is 0 Å². The number of hydrazine groups is 1. The molecule has 5 nitrogen and oxygen atoms in total. The first-order chi connectivity index (χ1) is 7.31. The van der Waals surface area contributed by atoms with Crippen LogP contribution in [0.5, 0.6) is 0 Å². The Morgan fingerprint density at radius 1 is 1.27 bits per heavy atom. The summed E-state index contributed by atoms with van der Waals surface area (Å²) in [5, 5.41) is 7.62. The summed E-state index contributed by atoms with van der Waals surface area (Å²) >= 11 is 4.85. The van der Waals surface area contributed by atoms with E-state index >= 15 is 0 Å². The highest BCUT2D eigenvalue weighted by Crippen LogP contribution is 2.16. The van der Waals surface area contributed by atoms with Gasteiger partial charge in [-0.1, -0.05) is 30.4 Å². The van der Waals surface area contributed by atoms with Gasteiger partial charge in [-0.05, 0) is 12.1 Å². The molecule has 0 spiro atoms. The zero-order chi connectivity index (χ0) is 10.7. The van der Waals surface area contributed by atoms with Gasteiger partial charge in [-0.2, -0.15) is 0 Å². The van der Waals surface area contributed by atoms with E-state index in [1.54, 1.807) is 0 Å². The van der Waals surface area contributed by atoms with E-state index in [4.69, 9.17) is 22.5 Å². The number of hydrogen-bond acceptors (Lipinski definition) is 5. The average Bonchev–Trinajstić information content (AvgIpc) is 2.78. The molecule has 6 heteroatoms. The van der Waals surface area contributed by atoms with Gasteiger partial charge in [0.15, 0.2) is 4.99 Å². The molecule has 0 fully saturated rings. The van der Waals surface area contributed by atoms with Crippen molar-refractivity contribution in [3.8, 4) is 11.5 Å². The first-order valence-electron chi connectivity index (χ1n) is 4.21. The lowest BCUT2D eigenvalue weighted by Gasteiger charge is -1.94. The fraction of sp³-hybridized carbons (Fsp3) is 0. The number of nitrogens with one attached hydrogen (secondary N) is 1. The maximum atomic E-state index is 5.32. The van der Waals surface area contributed by atoms with Crippen LogP contribution in [0.4, 0.5) is 0 Å². The second-order valence-corrected chi connectivity index (χ2v) is 3.16. The van der Waals surface area contributed by atoms with Gasteiger partial charge in [-0.25, -0.2) is 5.84 Å². The zero-order valence-corrected chi connectivity index (χ0v) is 8.49. The van der Waals surface area contributed by atoms with Gasteiger partial charge in [-0.3, -0.25) is 0 Å². The second-order valence-electron chi connectivity index (χ2n) is 2.75. The van der Waals surface area contributed by atoms with E-state index in [0.29, 0.717) is 5.89 Å². The quantitative estimate of drug-likeness (QED) is 0.444. The van der Waals surface area contributed by atoms with Crippen LogP contribution < -0.4 is 11.3 Å². The molecule has 0 radical (unpaired) electrons. The van der Waals surface area contributed by atoms with Gasteiger partial charge in [0.2, 0.25) is 5.89 Å². The number of benzene rings is 1. The van der Waals surface area contributed by atoms with Crippen molar-refractivity contribution in [3.05, 3.63) is 36.2 Å². The summed E-state index contributed by atoms with van der Waals surface area (Å²) in [4.78, 5) is 0.227. The summed E-state index contributed by atoms with van der Waals surface area (Å²) in [6, 6.07) is 9.43. The van der Waals surface area contributed by atoms with Gasteiger partial charge in [0.25, 0.3) is 5.89 Å². The average molecular weight is 220 g/mol. The molecule has 0 saturated carbocycles. The van der Waals surface area contributed by atoms with E-state index < -0.39 is 0 Å². The molecule has 1 aromatic carbocycles. The lowest BCUT2D eigenvalue weighted by Crippen LogP contribution is -2.29. The minimum absolute atomic E-state index is 0.214. The molecular formula is C9H8N4OS. The van der Waals surface area contributed by atoms with Crippen molar-refractivity contribution in [1.82, 2.24) is 15.6 Å². The van der Waals surface area contributed by atoms with E-state index in [1.807, 2.05) is 30.3 Å². The van der Waals surface area contributed by atoms with Crippen molar-refractivity contribution < 1.29 is 4.42 Å². The predicted octanol–water partition coefficient (Wildman–Crippen LogP) is 0.875. The Bertz CT molecular complexity index is 468. The molecule has 1 aromatic heterocycles. The van der Waals surface area contributed by atoms with Gasteiger partial charge in [0.05, 0.1) is 0 Å². The van der Waals surface area contributed by atoms with Crippen molar-refractivity contribution in [3.63, 3.8) is 0 Å². The Morgan fingerprint density at radius 3 is 2.67 bits per heavy atom. The third kappa shape index (κ3) is 2.00. The summed E-state index contributed by atoms with van der Waals surface area (Å²) in [5.74, 6) is 5.77. The Kier molecular flexibility index (Phi) is 2.70. The summed E-state index contributed by atoms with van der Waals surface area (Å²) in [6.45, 7) is 0. The third-order valence-corrected chi connectivity index (χ3v) is 2.06. The minimum Gasteiger partial charge on any atom is -0.414 e. The maximum absolute atomic E-state index is 5.32. The molecule has 2 rings (SSSR count). The highest BCUT2D eigenvalue weighted by atomic mass is 32.1. The van der Waals surface area contributed by atoms with Crippen LogP contribution >= 0.6 is 12.2 Å². The Labute approximate surface area is 91.3 Å². The highest BCUT2D eigenvalue weighted by molar-refractivity contribution is 7.80. The fourth-order valence-electron chi connectivity index (χ4n) is 1.07. The molecular weight excluding hydrogens is 212 g/mol. The molecule has 0 atom stereocenters. The van der Waals surface area contributed by atoms with Gasteiger partial charge in [0, 0.05) is 5.56 Å². The van der Waals surface area contributed by atoms with E-state index in [0.717, 1.165) is 5.56 Å². The van der Waals surface area contributed by atoms with Gasteiger partial charge >= 0.3 is 0 Å². The number of nitrogens with zero attached hydrogens (tertiary/aromatic N) is 2. The van der Waals surface area contributed by atoms with Crippen molar-refractivity contribution >= 4 is 17.2 Å². The Balaban J connectivity index is 2.32. The predicted molar refractivity (Wildman–Crippen MR) is 58.8 cm³/mol. The molecule has 0 bridgehead atoms. The highest BCUT2D eigenvalue weighted by Gasteiger charge is 2.10. The minimum atomic E-state index is 0.214. The normalized spacial score (nSPS) is 9.93. The summed E-state index contributed by atoms with van der Waals surface area (Å²) < 4.78 is 5.32. The van der Waals surface area contributed by atoms with Crippen LogP contribution in [-0.4, -0.2) is 15.2 Å². The molecule has 0 saturated heterocycles. The monoisotopic (exact) mass is 220 g/mol. The van der Waals surface area contributed by atoms with Crippen LogP contribution in [0.3, 0.4) is 0 Å². The van der Waals surface area contributed by atoms with Crippen molar-refractivity contribution in [2.45, 2.75) is 0 Å². The van der Waals surface area contributed by atoms with Crippen molar-refractivity contribution in [2.24, 2.45) is 5.84 Å². The number of thiocarbonyl (C=S) groups is 1. The van der Waals surface area contributed by atoms with Gasteiger partial charge in [-0.15, -0.1) is 10.2 Å². The van der Waals surface area contributed by atoms with Gasteiger partial charge < -0.3 is 9.84 Å². The van der Waals surface area contributed by atoms with Crippen molar-refractivity contribution in [1.29, 1.82) is 0 Å². The lowest BCUT2D eigenvalue weighted by atomic mass is 10.2. The molecule has 15 heavy (non-hydrogen) atoms.